The summed E-state index contributed by atoms with van der Waals surface area (Å²) < 4.78 is 25.9. The molecule has 1 heterocycles. The molecule has 0 unspecified atom stereocenters. The van der Waals surface area contributed by atoms with Gasteiger partial charge in [-0.1, -0.05) is 13.8 Å². The number of nitrogens with one attached hydrogen (secondary N) is 1. The highest BCUT2D eigenvalue weighted by Crippen LogP contribution is 2.16. The van der Waals surface area contributed by atoms with Crippen LogP contribution in [-0.4, -0.2) is 37.8 Å². The van der Waals surface area contributed by atoms with Crippen LogP contribution in [0.25, 0.3) is 0 Å². The van der Waals surface area contributed by atoms with Crippen molar-refractivity contribution in [2.45, 2.75) is 25.2 Å². The van der Waals surface area contributed by atoms with Crippen LogP contribution in [0.3, 0.4) is 0 Å². The summed E-state index contributed by atoms with van der Waals surface area (Å²) >= 11 is 0. The molecule has 0 amide bonds. The van der Waals surface area contributed by atoms with E-state index in [-0.39, 0.29) is 4.90 Å². The van der Waals surface area contributed by atoms with Gasteiger partial charge in [-0.15, -0.1) is 0 Å². The largest absolute Gasteiger partial charge is 0.373 e. The highest BCUT2D eigenvalue weighted by atomic mass is 32.2. The number of sulfonamides is 1. The Morgan fingerprint density at radius 2 is 2.06 bits per heavy atom. The van der Waals surface area contributed by atoms with Crippen molar-refractivity contribution in [2.75, 3.05) is 25.5 Å². The zero-order valence-corrected chi connectivity index (χ0v) is 11.3. The number of hydrogen-bond acceptors (Lipinski definition) is 4. The molecule has 0 bridgehead atoms. The Kier molecular flexibility index (Phi) is 4.89. The van der Waals surface area contributed by atoms with E-state index in [9.17, 15) is 8.42 Å². The summed E-state index contributed by atoms with van der Waals surface area (Å²) in [6.45, 7) is 4.81. The lowest BCUT2D eigenvalue weighted by Crippen LogP contribution is -2.31. The van der Waals surface area contributed by atoms with E-state index in [1.54, 1.807) is 19.2 Å². The molecule has 1 aromatic heterocycles. The molecule has 1 N–H and O–H groups in total. The quantitative estimate of drug-likeness (QED) is 0.839. The molecule has 0 spiro atoms. The number of hydrogen-bond donors (Lipinski definition) is 1. The van der Waals surface area contributed by atoms with Gasteiger partial charge in [0.2, 0.25) is 10.0 Å². The van der Waals surface area contributed by atoms with E-state index < -0.39 is 10.0 Å². The summed E-state index contributed by atoms with van der Waals surface area (Å²) in [7, 11) is -1.65. The number of anilines is 1. The molecule has 1 aromatic rings. The van der Waals surface area contributed by atoms with Crippen LogP contribution in [-0.2, 0) is 10.0 Å². The van der Waals surface area contributed by atoms with Gasteiger partial charge in [-0.25, -0.2) is 13.4 Å². The van der Waals surface area contributed by atoms with Crippen LogP contribution < -0.4 is 5.32 Å². The molecule has 0 saturated carbocycles. The summed E-state index contributed by atoms with van der Waals surface area (Å²) in [6.07, 6.45) is 2.19. The smallest absolute Gasteiger partial charge is 0.244 e. The fourth-order valence-corrected chi connectivity index (χ4v) is 3.01. The van der Waals surface area contributed by atoms with Crippen LogP contribution in [0, 0.1) is 0 Å². The molecule has 0 atom stereocenters. The Morgan fingerprint density at radius 1 is 1.35 bits per heavy atom. The minimum Gasteiger partial charge on any atom is -0.373 e. The van der Waals surface area contributed by atoms with Crippen molar-refractivity contribution >= 4 is 15.8 Å². The standard InChI is InChI=1S/C11H19N3O2S/c1-4-8-14(5-2)17(15,16)10-6-7-11(12-3)13-9-10/h6-7,9H,4-5,8H2,1-3H3,(H,12,13). The lowest BCUT2D eigenvalue weighted by atomic mass is 10.5. The number of pyridine rings is 1. The van der Waals surface area contributed by atoms with E-state index in [1.807, 2.05) is 13.8 Å². The third kappa shape index (κ3) is 3.17. The van der Waals surface area contributed by atoms with Gasteiger partial charge >= 0.3 is 0 Å². The second-order valence-corrected chi connectivity index (χ2v) is 5.56. The average Bonchev–Trinajstić information content (AvgIpc) is 2.35. The Morgan fingerprint density at radius 3 is 2.47 bits per heavy atom. The monoisotopic (exact) mass is 257 g/mol. The van der Waals surface area contributed by atoms with Crippen LogP contribution in [0.2, 0.25) is 0 Å². The molecule has 0 radical (unpaired) electrons. The van der Waals surface area contributed by atoms with Crippen molar-refractivity contribution in [1.29, 1.82) is 0 Å². The van der Waals surface area contributed by atoms with E-state index in [0.717, 1.165) is 6.42 Å². The SMILES string of the molecule is CCCN(CC)S(=O)(=O)c1ccc(NC)nc1. The normalized spacial score (nSPS) is 11.8. The molecule has 5 nitrogen and oxygen atoms in total. The van der Waals surface area contributed by atoms with E-state index >= 15 is 0 Å². The minimum absolute atomic E-state index is 0.242. The summed E-state index contributed by atoms with van der Waals surface area (Å²) in [5.41, 5.74) is 0. The average molecular weight is 257 g/mol. The molecular weight excluding hydrogens is 238 g/mol. The van der Waals surface area contributed by atoms with Gasteiger partial charge in [-0.3, -0.25) is 0 Å². The second kappa shape index (κ2) is 5.97. The maximum absolute atomic E-state index is 12.2. The van der Waals surface area contributed by atoms with Crippen LogP contribution >= 0.6 is 0 Å². The predicted molar refractivity (Wildman–Crippen MR) is 68.5 cm³/mol. The molecule has 6 heteroatoms. The van der Waals surface area contributed by atoms with Gasteiger partial charge in [0.25, 0.3) is 0 Å². The van der Waals surface area contributed by atoms with E-state index in [4.69, 9.17) is 0 Å². The molecule has 0 aliphatic heterocycles. The molecule has 0 fully saturated rings. The number of rotatable bonds is 6. The maximum Gasteiger partial charge on any atom is 0.244 e. The predicted octanol–water partition coefficient (Wildman–Crippen LogP) is 1.54. The Hall–Kier alpha value is -1.14. The lowest BCUT2D eigenvalue weighted by molar-refractivity contribution is 0.427. The highest BCUT2D eigenvalue weighted by molar-refractivity contribution is 7.89. The summed E-state index contributed by atoms with van der Waals surface area (Å²) in [5.74, 6) is 0.655. The van der Waals surface area contributed by atoms with Gasteiger partial charge in [-0.05, 0) is 18.6 Å². The molecule has 0 aliphatic rings. The minimum atomic E-state index is -3.40. The van der Waals surface area contributed by atoms with Crippen molar-refractivity contribution < 1.29 is 8.42 Å². The molecule has 96 valence electrons. The van der Waals surface area contributed by atoms with Crippen molar-refractivity contribution in [2.24, 2.45) is 0 Å². The zero-order chi connectivity index (χ0) is 12.9. The van der Waals surface area contributed by atoms with Crippen molar-refractivity contribution in [1.82, 2.24) is 9.29 Å². The van der Waals surface area contributed by atoms with Crippen LogP contribution in [0.15, 0.2) is 23.2 Å². The van der Waals surface area contributed by atoms with E-state index in [1.165, 1.54) is 10.5 Å². The third-order valence-corrected chi connectivity index (χ3v) is 4.41. The van der Waals surface area contributed by atoms with Gasteiger partial charge < -0.3 is 5.32 Å². The van der Waals surface area contributed by atoms with Crippen LogP contribution in [0.1, 0.15) is 20.3 Å². The van der Waals surface area contributed by atoms with Crippen LogP contribution in [0.5, 0.6) is 0 Å². The first-order valence-corrected chi connectivity index (χ1v) is 7.14. The highest BCUT2D eigenvalue weighted by Gasteiger charge is 2.22. The van der Waals surface area contributed by atoms with E-state index in [2.05, 4.69) is 10.3 Å². The van der Waals surface area contributed by atoms with Gasteiger partial charge in [0.05, 0.1) is 0 Å². The Balaban J connectivity index is 3.02. The second-order valence-electron chi connectivity index (χ2n) is 3.63. The molecule has 1 rings (SSSR count). The molecular formula is C11H19N3O2S. The number of aromatic nitrogens is 1. The first-order chi connectivity index (χ1) is 8.06. The lowest BCUT2D eigenvalue weighted by Gasteiger charge is -2.19. The van der Waals surface area contributed by atoms with E-state index in [0.29, 0.717) is 18.9 Å². The summed E-state index contributed by atoms with van der Waals surface area (Å²) in [6, 6.07) is 3.24. The molecule has 0 aliphatic carbocycles. The van der Waals surface area contributed by atoms with Crippen LogP contribution in [0.4, 0.5) is 5.82 Å². The molecule has 0 saturated heterocycles. The Labute approximate surface area is 103 Å². The zero-order valence-electron chi connectivity index (χ0n) is 10.5. The first-order valence-electron chi connectivity index (χ1n) is 5.70. The first kappa shape index (κ1) is 13.9. The van der Waals surface area contributed by atoms with Gasteiger partial charge in [0, 0.05) is 26.3 Å². The topological polar surface area (TPSA) is 62.3 Å². The number of nitrogens with zero attached hydrogens (tertiary/aromatic N) is 2. The molecule has 17 heavy (non-hydrogen) atoms. The fourth-order valence-electron chi connectivity index (χ4n) is 1.53. The van der Waals surface area contributed by atoms with Crippen molar-refractivity contribution in [3.05, 3.63) is 18.3 Å². The summed E-state index contributed by atoms with van der Waals surface area (Å²) in [4.78, 5) is 4.27. The van der Waals surface area contributed by atoms with Gasteiger partial charge in [0.1, 0.15) is 10.7 Å². The summed E-state index contributed by atoms with van der Waals surface area (Å²) in [5, 5.41) is 2.85. The Bertz CT molecular complexity index is 442. The van der Waals surface area contributed by atoms with Crippen molar-refractivity contribution in [3.63, 3.8) is 0 Å². The third-order valence-electron chi connectivity index (χ3n) is 2.46. The molecule has 0 aromatic carbocycles. The van der Waals surface area contributed by atoms with Gasteiger partial charge in [-0.2, -0.15) is 4.31 Å². The van der Waals surface area contributed by atoms with Crippen molar-refractivity contribution in [3.8, 4) is 0 Å². The fraction of sp³-hybridized carbons (Fsp3) is 0.545. The van der Waals surface area contributed by atoms with Gasteiger partial charge in [0.15, 0.2) is 0 Å². The maximum atomic E-state index is 12.2.